The van der Waals surface area contributed by atoms with Crippen molar-refractivity contribution in [3.63, 3.8) is 0 Å². The first-order valence-electron chi connectivity index (χ1n) is 4.30. The topological polar surface area (TPSA) is 24.9 Å². The summed E-state index contributed by atoms with van der Waals surface area (Å²) in [6, 6.07) is 2.16. The van der Waals surface area contributed by atoms with Crippen LogP contribution in [0.15, 0.2) is 12.3 Å². The minimum absolute atomic E-state index is 0.184. The molecule has 0 aromatic carbocycles. The second kappa shape index (κ2) is 2.22. The van der Waals surface area contributed by atoms with Gasteiger partial charge in [0.15, 0.2) is 0 Å². The van der Waals surface area contributed by atoms with E-state index in [2.05, 4.69) is 37.1 Å². The molecule has 0 saturated heterocycles. The Bertz CT molecular complexity index is 316. The summed E-state index contributed by atoms with van der Waals surface area (Å²) in [5.74, 6) is 0. The molecule has 1 aliphatic heterocycles. The van der Waals surface area contributed by atoms with E-state index in [9.17, 15) is 0 Å². The summed E-state index contributed by atoms with van der Waals surface area (Å²) in [6.45, 7) is 6.47. The Morgan fingerprint density at radius 2 is 2.25 bits per heavy atom. The molecule has 0 aliphatic carbocycles. The number of pyridine rings is 1. The van der Waals surface area contributed by atoms with Crippen molar-refractivity contribution < 1.29 is 0 Å². The van der Waals surface area contributed by atoms with Crippen molar-refractivity contribution in [3.8, 4) is 0 Å². The molecule has 1 aromatic heterocycles. The summed E-state index contributed by atoms with van der Waals surface area (Å²) in [6.07, 6.45) is 2.96. The Hall–Kier alpha value is -1.05. The zero-order valence-electron chi connectivity index (χ0n) is 7.81. The molecule has 0 atom stereocenters. The lowest BCUT2D eigenvalue weighted by molar-refractivity contribution is 0.589. The van der Waals surface area contributed by atoms with Gasteiger partial charge < -0.3 is 5.32 Å². The highest BCUT2D eigenvalue weighted by Crippen LogP contribution is 2.30. The highest BCUT2D eigenvalue weighted by Gasteiger charge is 2.27. The van der Waals surface area contributed by atoms with Crippen molar-refractivity contribution in [2.45, 2.75) is 32.7 Å². The lowest BCUT2D eigenvalue weighted by Crippen LogP contribution is -2.27. The number of nitrogens with one attached hydrogen (secondary N) is 1. The Morgan fingerprint density at radius 3 is 3.00 bits per heavy atom. The van der Waals surface area contributed by atoms with Crippen LogP contribution in [0.4, 0.5) is 5.69 Å². The van der Waals surface area contributed by atoms with Crippen LogP contribution in [0.5, 0.6) is 0 Å². The van der Waals surface area contributed by atoms with Gasteiger partial charge in [-0.1, -0.05) is 0 Å². The number of hydrogen-bond acceptors (Lipinski definition) is 2. The van der Waals surface area contributed by atoms with Crippen molar-refractivity contribution >= 4 is 5.69 Å². The van der Waals surface area contributed by atoms with E-state index < -0.39 is 0 Å². The molecule has 0 spiro atoms. The molecule has 2 heterocycles. The summed E-state index contributed by atoms with van der Waals surface area (Å²) < 4.78 is 0. The van der Waals surface area contributed by atoms with E-state index >= 15 is 0 Å². The predicted molar refractivity (Wildman–Crippen MR) is 50.4 cm³/mol. The average Bonchev–Trinajstić information content (AvgIpc) is 2.21. The predicted octanol–water partition coefficient (Wildman–Crippen LogP) is 2.14. The molecule has 2 nitrogen and oxygen atoms in total. The minimum atomic E-state index is 0.184. The monoisotopic (exact) mass is 162 g/mol. The lowest BCUT2D eigenvalue weighted by atomic mass is 10.0. The average molecular weight is 162 g/mol. The first-order valence-corrected chi connectivity index (χ1v) is 4.30. The molecule has 1 N–H and O–H groups in total. The van der Waals surface area contributed by atoms with Crippen LogP contribution in [0.2, 0.25) is 0 Å². The zero-order valence-corrected chi connectivity index (χ0v) is 7.81. The Balaban J connectivity index is 2.43. The van der Waals surface area contributed by atoms with Crippen LogP contribution in [0.3, 0.4) is 0 Å². The zero-order chi connectivity index (χ0) is 8.77. The van der Waals surface area contributed by atoms with Gasteiger partial charge in [-0.15, -0.1) is 0 Å². The number of hydrogen-bond donors (Lipinski definition) is 1. The smallest absolute Gasteiger partial charge is 0.0658 e. The van der Waals surface area contributed by atoms with Gasteiger partial charge in [0.05, 0.1) is 11.4 Å². The number of anilines is 1. The summed E-state index contributed by atoms with van der Waals surface area (Å²) in [5, 5.41) is 3.45. The second-order valence-corrected chi connectivity index (χ2v) is 4.19. The van der Waals surface area contributed by atoms with Gasteiger partial charge in [0.1, 0.15) is 0 Å². The van der Waals surface area contributed by atoms with Crippen LogP contribution in [0, 0.1) is 6.92 Å². The van der Waals surface area contributed by atoms with Crippen LogP contribution >= 0.6 is 0 Å². The van der Waals surface area contributed by atoms with E-state index in [1.54, 1.807) is 0 Å². The van der Waals surface area contributed by atoms with Gasteiger partial charge >= 0.3 is 0 Å². The fourth-order valence-corrected chi connectivity index (χ4v) is 1.67. The molecule has 2 rings (SSSR count). The number of aryl methyl sites for hydroxylation is 1. The highest BCUT2D eigenvalue weighted by atomic mass is 15.0. The number of rotatable bonds is 0. The van der Waals surface area contributed by atoms with E-state index in [0.717, 1.165) is 6.42 Å². The second-order valence-electron chi connectivity index (χ2n) is 4.19. The van der Waals surface area contributed by atoms with Crippen LogP contribution < -0.4 is 5.32 Å². The maximum atomic E-state index is 4.39. The molecule has 0 bridgehead atoms. The number of nitrogens with zero attached hydrogens (tertiary/aromatic N) is 1. The van der Waals surface area contributed by atoms with Gasteiger partial charge in [-0.3, -0.25) is 4.98 Å². The van der Waals surface area contributed by atoms with Crippen molar-refractivity contribution in [3.05, 3.63) is 23.5 Å². The van der Waals surface area contributed by atoms with E-state index in [4.69, 9.17) is 0 Å². The van der Waals surface area contributed by atoms with Crippen molar-refractivity contribution in [2.75, 3.05) is 5.32 Å². The molecule has 0 radical (unpaired) electrons. The molecular weight excluding hydrogens is 148 g/mol. The van der Waals surface area contributed by atoms with Crippen LogP contribution in [-0.2, 0) is 6.42 Å². The summed E-state index contributed by atoms with van der Waals surface area (Å²) in [4.78, 5) is 4.39. The van der Waals surface area contributed by atoms with Crippen molar-refractivity contribution in [2.24, 2.45) is 0 Å². The van der Waals surface area contributed by atoms with E-state index in [0.29, 0.717) is 0 Å². The van der Waals surface area contributed by atoms with Crippen LogP contribution in [0.1, 0.15) is 25.1 Å². The molecule has 1 aliphatic rings. The molecule has 12 heavy (non-hydrogen) atoms. The SMILES string of the molecule is Cc1cnc2c(c1)NC(C)(C)C2. The third-order valence-corrected chi connectivity index (χ3v) is 2.19. The molecule has 1 aromatic rings. The van der Waals surface area contributed by atoms with Crippen molar-refractivity contribution in [1.29, 1.82) is 0 Å². The number of aromatic nitrogens is 1. The quantitative estimate of drug-likeness (QED) is 0.632. The standard InChI is InChI=1S/C10H14N2/c1-7-4-8-9(11-6-7)5-10(2,3)12-8/h4,6,12H,5H2,1-3H3. The van der Waals surface area contributed by atoms with E-state index in [1.807, 2.05) is 6.20 Å². The Kier molecular flexibility index (Phi) is 1.40. The van der Waals surface area contributed by atoms with Gasteiger partial charge in [-0.2, -0.15) is 0 Å². The fourth-order valence-electron chi connectivity index (χ4n) is 1.67. The van der Waals surface area contributed by atoms with Gasteiger partial charge in [-0.05, 0) is 32.4 Å². The summed E-state index contributed by atoms with van der Waals surface area (Å²) >= 11 is 0. The molecule has 0 amide bonds. The fraction of sp³-hybridized carbons (Fsp3) is 0.500. The molecule has 0 fully saturated rings. The third-order valence-electron chi connectivity index (χ3n) is 2.19. The normalized spacial score (nSPS) is 18.6. The molecule has 2 heteroatoms. The van der Waals surface area contributed by atoms with Gasteiger partial charge in [0.25, 0.3) is 0 Å². The highest BCUT2D eigenvalue weighted by molar-refractivity contribution is 5.56. The molecular formula is C10H14N2. The van der Waals surface area contributed by atoms with E-state index in [-0.39, 0.29) is 5.54 Å². The van der Waals surface area contributed by atoms with Crippen LogP contribution in [-0.4, -0.2) is 10.5 Å². The first kappa shape index (κ1) is 7.59. The minimum Gasteiger partial charge on any atom is -0.378 e. The third kappa shape index (κ3) is 1.17. The van der Waals surface area contributed by atoms with E-state index in [1.165, 1.54) is 16.9 Å². The summed E-state index contributed by atoms with van der Waals surface area (Å²) in [5.41, 5.74) is 3.81. The van der Waals surface area contributed by atoms with Gasteiger partial charge in [0, 0.05) is 18.2 Å². The van der Waals surface area contributed by atoms with Crippen molar-refractivity contribution in [1.82, 2.24) is 4.98 Å². The first-order chi connectivity index (χ1) is 5.57. The maximum absolute atomic E-state index is 4.39. The molecule has 0 unspecified atom stereocenters. The van der Waals surface area contributed by atoms with Gasteiger partial charge in [-0.25, -0.2) is 0 Å². The molecule has 64 valence electrons. The van der Waals surface area contributed by atoms with Gasteiger partial charge in [0.2, 0.25) is 0 Å². The lowest BCUT2D eigenvalue weighted by Gasteiger charge is -2.17. The summed E-state index contributed by atoms with van der Waals surface area (Å²) in [7, 11) is 0. The van der Waals surface area contributed by atoms with Crippen LogP contribution in [0.25, 0.3) is 0 Å². The largest absolute Gasteiger partial charge is 0.378 e. The number of fused-ring (bicyclic) bond motifs is 1. The Labute approximate surface area is 73.0 Å². The molecule has 0 saturated carbocycles. The maximum Gasteiger partial charge on any atom is 0.0658 e. The Morgan fingerprint density at radius 1 is 1.50 bits per heavy atom.